The van der Waals surface area contributed by atoms with Crippen molar-refractivity contribution in [2.24, 2.45) is 0 Å². The molecule has 0 aliphatic carbocycles. The number of hydrogen-bond acceptors (Lipinski definition) is 3. The Balaban J connectivity index is 1.86. The summed E-state index contributed by atoms with van der Waals surface area (Å²) in [6.45, 7) is 7.64. The highest BCUT2D eigenvalue weighted by Crippen LogP contribution is 2.18. The van der Waals surface area contributed by atoms with Gasteiger partial charge >= 0.3 is 0 Å². The van der Waals surface area contributed by atoms with Crippen molar-refractivity contribution in [1.82, 2.24) is 10.2 Å². The Morgan fingerprint density at radius 3 is 2.56 bits per heavy atom. The summed E-state index contributed by atoms with van der Waals surface area (Å²) in [5.41, 5.74) is 0. The number of halogens is 1. The van der Waals surface area contributed by atoms with Gasteiger partial charge in [-0.15, -0.1) is 0 Å². The normalized spacial score (nSPS) is 18.6. The highest BCUT2D eigenvalue weighted by atomic mass is 79.9. The van der Waals surface area contributed by atoms with Gasteiger partial charge in [-0.2, -0.15) is 0 Å². The quantitative estimate of drug-likeness (QED) is 0.904. The predicted molar refractivity (Wildman–Crippen MR) is 78.2 cm³/mol. The molecule has 1 aromatic rings. The van der Waals surface area contributed by atoms with Gasteiger partial charge in [0, 0.05) is 37.2 Å². The van der Waals surface area contributed by atoms with Gasteiger partial charge in [-0.25, -0.2) is 0 Å². The molecule has 3 nitrogen and oxygen atoms in total. The lowest BCUT2D eigenvalue weighted by Crippen LogP contribution is -2.47. The molecule has 1 heterocycles. The fraction of sp³-hybridized carbons (Fsp3) is 0.571. The smallest absolute Gasteiger partial charge is 0.119 e. The van der Waals surface area contributed by atoms with E-state index in [1.165, 1.54) is 0 Å². The van der Waals surface area contributed by atoms with Gasteiger partial charge in [-0.3, -0.25) is 4.90 Å². The highest BCUT2D eigenvalue weighted by Gasteiger charge is 2.16. The van der Waals surface area contributed by atoms with E-state index in [-0.39, 0.29) is 6.10 Å². The first kappa shape index (κ1) is 13.8. The molecule has 0 radical (unpaired) electrons. The first-order chi connectivity index (χ1) is 8.78. The monoisotopic (exact) mass is 312 g/mol. The first-order valence-electron chi connectivity index (χ1n) is 6.63. The van der Waals surface area contributed by atoms with E-state index < -0.39 is 0 Å². The molecule has 2 rings (SSSR count). The minimum Gasteiger partial charge on any atom is -0.489 e. The van der Waals surface area contributed by atoms with Crippen LogP contribution in [0.25, 0.3) is 0 Å². The van der Waals surface area contributed by atoms with Crippen molar-refractivity contribution >= 4 is 15.9 Å². The second-order valence-corrected chi connectivity index (χ2v) is 5.57. The molecule has 1 aliphatic rings. The van der Waals surface area contributed by atoms with Gasteiger partial charge in [0.05, 0.1) is 0 Å². The fourth-order valence-corrected chi connectivity index (χ4v) is 2.40. The van der Waals surface area contributed by atoms with Gasteiger partial charge in [0.25, 0.3) is 0 Å². The lowest BCUT2D eigenvalue weighted by atomic mass is 10.2. The topological polar surface area (TPSA) is 24.5 Å². The van der Waals surface area contributed by atoms with Crippen LogP contribution in [-0.2, 0) is 0 Å². The third-order valence-corrected chi connectivity index (χ3v) is 3.77. The van der Waals surface area contributed by atoms with E-state index in [9.17, 15) is 0 Å². The van der Waals surface area contributed by atoms with E-state index in [2.05, 4.69) is 33.1 Å². The zero-order valence-electron chi connectivity index (χ0n) is 10.9. The summed E-state index contributed by atoms with van der Waals surface area (Å²) in [7, 11) is 0. The number of hydrogen-bond donors (Lipinski definition) is 1. The molecule has 0 bridgehead atoms. The molecule has 1 aliphatic heterocycles. The summed E-state index contributed by atoms with van der Waals surface area (Å²) < 4.78 is 7.13. The Morgan fingerprint density at radius 1 is 1.28 bits per heavy atom. The van der Waals surface area contributed by atoms with E-state index >= 15 is 0 Å². The second kappa shape index (κ2) is 7.12. The van der Waals surface area contributed by atoms with Crippen molar-refractivity contribution in [2.45, 2.75) is 19.4 Å². The van der Waals surface area contributed by atoms with Crippen LogP contribution in [0.15, 0.2) is 28.7 Å². The molecule has 1 N–H and O–H groups in total. The van der Waals surface area contributed by atoms with E-state index in [0.29, 0.717) is 0 Å². The van der Waals surface area contributed by atoms with E-state index in [1.807, 2.05) is 24.3 Å². The van der Waals surface area contributed by atoms with Gasteiger partial charge in [0.1, 0.15) is 11.9 Å². The van der Waals surface area contributed by atoms with Crippen molar-refractivity contribution in [3.63, 3.8) is 0 Å². The third kappa shape index (κ3) is 4.26. The summed E-state index contributed by atoms with van der Waals surface area (Å²) >= 11 is 3.44. The molecule has 1 saturated heterocycles. The SMILES string of the molecule is CCC(CN1CCNCC1)Oc1ccc(Br)cc1. The van der Waals surface area contributed by atoms with Crippen molar-refractivity contribution < 1.29 is 4.74 Å². The van der Waals surface area contributed by atoms with Crippen LogP contribution in [0.5, 0.6) is 5.75 Å². The van der Waals surface area contributed by atoms with Crippen LogP contribution < -0.4 is 10.1 Å². The van der Waals surface area contributed by atoms with Gasteiger partial charge in [0.15, 0.2) is 0 Å². The lowest BCUT2D eigenvalue weighted by molar-refractivity contribution is 0.120. The largest absolute Gasteiger partial charge is 0.489 e. The molecule has 1 aromatic carbocycles. The Bertz CT molecular complexity index is 349. The van der Waals surface area contributed by atoms with Crippen molar-refractivity contribution in [3.8, 4) is 5.75 Å². The third-order valence-electron chi connectivity index (χ3n) is 3.24. The average Bonchev–Trinajstić information content (AvgIpc) is 2.41. The minimum atomic E-state index is 0.282. The zero-order valence-corrected chi connectivity index (χ0v) is 12.4. The Kier molecular flexibility index (Phi) is 5.47. The molecule has 0 saturated carbocycles. The lowest BCUT2D eigenvalue weighted by Gasteiger charge is -2.30. The summed E-state index contributed by atoms with van der Waals surface area (Å²) in [4.78, 5) is 2.48. The molecular formula is C14H21BrN2O. The van der Waals surface area contributed by atoms with Gasteiger partial charge in [0.2, 0.25) is 0 Å². The van der Waals surface area contributed by atoms with Crippen LogP contribution in [0.4, 0.5) is 0 Å². The van der Waals surface area contributed by atoms with E-state index in [1.54, 1.807) is 0 Å². The predicted octanol–water partition coefficient (Wildman–Crippen LogP) is 2.51. The Labute approximate surface area is 118 Å². The standard InChI is InChI=1S/C14H21BrN2O/c1-2-13(11-17-9-7-16-8-10-17)18-14-5-3-12(15)4-6-14/h3-6,13,16H,2,7-11H2,1H3. The highest BCUT2D eigenvalue weighted by molar-refractivity contribution is 9.10. The maximum Gasteiger partial charge on any atom is 0.119 e. The van der Waals surface area contributed by atoms with E-state index in [4.69, 9.17) is 4.74 Å². The van der Waals surface area contributed by atoms with Gasteiger partial charge in [-0.1, -0.05) is 22.9 Å². The number of piperazine rings is 1. The molecule has 0 spiro atoms. The van der Waals surface area contributed by atoms with Crippen molar-refractivity contribution in [2.75, 3.05) is 32.7 Å². The number of nitrogens with one attached hydrogen (secondary N) is 1. The summed E-state index contributed by atoms with van der Waals surface area (Å²) in [6.07, 6.45) is 1.32. The number of ether oxygens (including phenoxy) is 1. The van der Waals surface area contributed by atoms with Gasteiger partial charge in [-0.05, 0) is 30.7 Å². The number of nitrogens with zero attached hydrogens (tertiary/aromatic N) is 1. The van der Waals surface area contributed by atoms with Crippen LogP contribution in [0.3, 0.4) is 0 Å². The molecule has 1 fully saturated rings. The van der Waals surface area contributed by atoms with Crippen LogP contribution >= 0.6 is 15.9 Å². The maximum atomic E-state index is 6.04. The molecule has 0 amide bonds. The Hall–Kier alpha value is -0.580. The average molecular weight is 313 g/mol. The van der Waals surface area contributed by atoms with Crippen molar-refractivity contribution in [3.05, 3.63) is 28.7 Å². The van der Waals surface area contributed by atoms with Gasteiger partial charge < -0.3 is 10.1 Å². The molecular weight excluding hydrogens is 292 g/mol. The molecule has 0 aromatic heterocycles. The molecule has 1 unspecified atom stereocenters. The maximum absolute atomic E-state index is 6.04. The van der Waals surface area contributed by atoms with Crippen LogP contribution in [-0.4, -0.2) is 43.7 Å². The summed E-state index contributed by atoms with van der Waals surface area (Å²) in [5, 5.41) is 3.37. The van der Waals surface area contributed by atoms with Crippen LogP contribution in [0, 0.1) is 0 Å². The zero-order chi connectivity index (χ0) is 12.8. The molecule has 1 atom stereocenters. The minimum absolute atomic E-state index is 0.282. The van der Waals surface area contributed by atoms with E-state index in [0.717, 1.165) is 49.4 Å². The molecule has 18 heavy (non-hydrogen) atoms. The fourth-order valence-electron chi connectivity index (χ4n) is 2.14. The summed E-state index contributed by atoms with van der Waals surface area (Å²) in [6, 6.07) is 8.08. The second-order valence-electron chi connectivity index (χ2n) is 4.65. The molecule has 100 valence electrons. The van der Waals surface area contributed by atoms with Crippen molar-refractivity contribution in [1.29, 1.82) is 0 Å². The first-order valence-corrected chi connectivity index (χ1v) is 7.42. The van der Waals surface area contributed by atoms with Crippen LogP contribution in [0.2, 0.25) is 0 Å². The number of benzene rings is 1. The molecule has 4 heteroatoms. The summed E-state index contributed by atoms with van der Waals surface area (Å²) in [5.74, 6) is 0.959. The van der Waals surface area contributed by atoms with Crippen LogP contribution in [0.1, 0.15) is 13.3 Å². The Morgan fingerprint density at radius 2 is 1.94 bits per heavy atom. The number of rotatable bonds is 5.